The third-order valence-electron chi connectivity index (χ3n) is 3.53. The highest BCUT2D eigenvalue weighted by Gasteiger charge is 2.21. The van der Waals surface area contributed by atoms with Gasteiger partial charge >= 0.3 is 0 Å². The fraction of sp³-hybridized carbons (Fsp3) is 0.571. The molecule has 1 aromatic rings. The number of rotatable bonds is 4. The summed E-state index contributed by atoms with van der Waals surface area (Å²) in [5, 5.41) is 7.03. The van der Waals surface area contributed by atoms with Gasteiger partial charge < -0.3 is 20.1 Å². The average molecular weight is 250 g/mol. The van der Waals surface area contributed by atoms with E-state index in [2.05, 4.69) is 23.6 Å². The summed E-state index contributed by atoms with van der Waals surface area (Å²) < 4.78 is 10.7. The maximum Gasteiger partial charge on any atom is 0.122 e. The number of nitrogens with one attached hydrogen (secondary N) is 2. The Kier molecular flexibility index (Phi) is 4.44. The maximum absolute atomic E-state index is 5.42. The van der Waals surface area contributed by atoms with E-state index >= 15 is 0 Å². The molecule has 0 amide bonds. The number of ether oxygens (including phenoxy) is 2. The summed E-state index contributed by atoms with van der Waals surface area (Å²) in [4.78, 5) is 0. The minimum Gasteiger partial charge on any atom is -0.497 e. The molecule has 2 atom stereocenters. The first-order chi connectivity index (χ1) is 8.74. The zero-order chi connectivity index (χ0) is 13.0. The first-order valence-electron chi connectivity index (χ1n) is 6.42. The molecular weight excluding hydrogens is 228 g/mol. The first-order valence-corrected chi connectivity index (χ1v) is 6.42. The number of hydrogen-bond acceptors (Lipinski definition) is 4. The Morgan fingerprint density at radius 3 is 2.61 bits per heavy atom. The molecule has 1 saturated heterocycles. The Hall–Kier alpha value is -1.26. The van der Waals surface area contributed by atoms with Crippen LogP contribution >= 0.6 is 0 Å². The molecule has 4 nitrogen and oxygen atoms in total. The van der Waals surface area contributed by atoms with Gasteiger partial charge in [-0.25, -0.2) is 0 Å². The van der Waals surface area contributed by atoms with Gasteiger partial charge in [0.05, 0.1) is 14.2 Å². The van der Waals surface area contributed by atoms with Gasteiger partial charge in [-0.15, -0.1) is 0 Å². The molecule has 0 bridgehead atoms. The van der Waals surface area contributed by atoms with Crippen LogP contribution in [0.2, 0.25) is 0 Å². The predicted molar refractivity (Wildman–Crippen MR) is 72.5 cm³/mol. The molecule has 0 spiro atoms. The van der Waals surface area contributed by atoms with Crippen molar-refractivity contribution in [2.75, 3.05) is 27.3 Å². The highest BCUT2D eigenvalue weighted by atomic mass is 16.5. The van der Waals surface area contributed by atoms with Gasteiger partial charge in [-0.2, -0.15) is 0 Å². The van der Waals surface area contributed by atoms with Gasteiger partial charge in [0.1, 0.15) is 11.5 Å². The predicted octanol–water partition coefficient (Wildman–Crippen LogP) is 1.20. The van der Waals surface area contributed by atoms with Crippen LogP contribution in [-0.2, 0) is 6.42 Å². The number of benzene rings is 1. The lowest BCUT2D eigenvalue weighted by atomic mass is 9.98. The summed E-state index contributed by atoms with van der Waals surface area (Å²) in [5.74, 6) is 1.80. The zero-order valence-corrected chi connectivity index (χ0v) is 11.3. The van der Waals surface area contributed by atoms with Gasteiger partial charge in [-0.3, -0.25) is 0 Å². The van der Waals surface area contributed by atoms with E-state index in [9.17, 15) is 0 Å². The summed E-state index contributed by atoms with van der Waals surface area (Å²) in [6, 6.07) is 6.85. The Balaban J connectivity index is 2.15. The third kappa shape index (κ3) is 2.94. The van der Waals surface area contributed by atoms with E-state index in [-0.39, 0.29) is 0 Å². The molecule has 0 saturated carbocycles. The number of hydrogen-bond donors (Lipinski definition) is 2. The molecule has 4 heteroatoms. The fourth-order valence-electron chi connectivity index (χ4n) is 2.40. The molecule has 100 valence electrons. The van der Waals surface area contributed by atoms with E-state index in [1.165, 1.54) is 5.56 Å². The van der Waals surface area contributed by atoms with Crippen LogP contribution in [0.3, 0.4) is 0 Å². The second-order valence-electron chi connectivity index (χ2n) is 4.69. The van der Waals surface area contributed by atoms with Crippen molar-refractivity contribution in [3.63, 3.8) is 0 Å². The van der Waals surface area contributed by atoms with E-state index in [0.29, 0.717) is 12.1 Å². The SMILES string of the molecule is COc1ccc(OC)c(CC2NCCNC2C)c1. The number of methoxy groups -OCH3 is 2. The van der Waals surface area contributed by atoms with Crippen molar-refractivity contribution in [2.24, 2.45) is 0 Å². The molecule has 0 aliphatic carbocycles. The summed E-state index contributed by atoms with van der Waals surface area (Å²) in [6.45, 7) is 4.26. The minimum atomic E-state index is 0.430. The molecule has 0 aromatic heterocycles. The van der Waals surface area contributed by atoms with Crippen LogP contribution in [0.15, 0.2) is 18.2 Å². The van der Waals surface area contributed by atoms with Crippen molar-refractivity contribution in [1.29, 1.82) is 0 Å². The molecule has 0 radical (unpaired) electrons. The fourth-order valence-corrected chi connectivity index (χ4v) is 2.40. The van der Waals surface area contributed by atoms with Crippen LogP contribution in [0.4, 0.5) is 0 Å². The summed E-state index contributed by atoms with van der Waals surface area (Å²) in [7, 11) is 3.40. The molecule has 1 fully saturated rings. The van der Waals surface area contributed by atoms with Gasteiger partial charge in [0, 0.05) is 25.2 Å². The van der Waals surface area contributed by atoms with Crippen molar-refractivity contribution >= 4 is 0 Å². The zero-order valence-electron chi connectivity index (χ0n) is 11.3. The molecular formula is C14H22N2O2. The van der Waals surface area contributed by atoms with Crippen molar-refractivity contribution in [3.05, 3.63) is 23.8 Å². The van der Waals surface area contributed by atoms with Gasteiger partial charge in [-0.05, 0) is 37.1 Å². The molecule has 2 unspecified atom stereocenters. The van der Waals surface area contributed by atoms with Crippen molar-refractivity contribution < 1.29 is 9.47 Å². The third-order valence-corrected chi connectivity index (χ3v) is 3.53. The van der Waals surface area contributed by atoms with E-state index in [4.69, 9.17) is 9.47 Å². The van der Waals surface area contributed by atoms with Crippen molar-refractivity contribution in [3.8, 4) is 11.5 Å². The van der Waals surface area contributed by atoms with Gasteiger partial charge in [0.2, 0.25) is 0 Å². The minimum absolute atomic E-state index is 0.430. The van der Waals surface area contributed by atoms with E-state index in [0.717, 1.165) is 31.0 Å². The Morgan fingerprint density at radius 2 is 1.94 bits per heavy atom. The lowest BCUT2D eigenvalue weighted by Crippen LogP contribution is -2.55. The van der Waals surface area contributed by atoms with Crippen LogP contribution in [0.25, 0.3) is 0 Å². The van der Waals surface area contributed by atoms with E-state index in [1.54, 1.807) is 14.2 Å². The highest BCUT2D eigenvalue weighted by molar-refractivity contribution is 5.41. The van der Waals surface area contributed by atoms with Crippen LogP contribution in [-0.4, -0.2) is 39.4 Å². The summed E-state index contributed by atoms with van der Waals surface area (Å²) in [5.41, 5.74) is 1.19. The van der Waals surface area contributed by atoms with Crippen molar-refractivity contribution in [2.45, 2.75) is 25.4 Å². The maximum atomic E-state index is 5.42. The smallest absolute Gasteiger partial charge is 0.122 e. The molecule has 1 aliphatic rings. The molecule has 2 rings (SSSR count). The van der Waals surface area contributed by atoms with E-state index < -0.39 is 0 Å². The molecule has 1 aliphatic heterocycles. The topological polar surface area (TPSA) is 42.5 Å². The van der Waals surface area contributed by atoms with Crippen LogP contribution in [0.1, 0.15) is 12.5 Å². The second kappa shape index (κ2) is 6.07. The molecule has 2 N–H and O–H groups in total. The summed E-state index contributed by atoms with van der Waals surface area (Å²) in [6.07, 6.45) is 0.939. The quantitative estimate of drug-likeness (QED) is 0.842. The van der Waals surface area contributed by atoms with Crippen LogP contribution in [0.5, 0.6) is 11.5 Å². The highest BCUT2D eigenvalue weighted by Crippen LogP contribution is 2.25. The standard InChI is InChI=1S/C14H22N2O2/c1-10-13(16-7-6-15-10)9-11-8-12(17-2)4-5-14(11)18-3/h4-5,8,10,13,15-16H,6-7,9H2,1-3H3. The monoisotopic (exact) mass is 250 g/mol. The summed E-state index contributed by atoms with van der Waals surface area (Å²) >= 11 is 0. The van der Waals surface area contributed by atoms with Crippen LogP contribution in [0, 0.1) is 0 Å². The van der Waals surface area contributed by atoms with Gasteiger partial charge in [0.25, 0.3) is 0 Å². The molecule has 1 aromatic carbocycles. The molecule has 18 heavy (non-hydrogen) atoms. The van der Waals surface area contributed by atoms with Gasteiger partial charge in [-0.1, -0.05) is 0 Å². The van der Waals surface area contributed by atoms with Gasteiger partial charge in [0.15, 0.2) is 0 Å². The largest absolute Gasteiger partial charge is 0.497 e. The Morgan fingerprint density at radius 1 is 1.17 bits per heavy atom. The van der Waals surface area contributed by atoms with E-state index in [1.807, 2.05) is 12.1 Å². The number of piperazine rings is 1. The Bertz CT molecular complexity index is 395. The molecule has 1 heterocycles. The normalized spacial score (nSPS) is 23.7. The second-order valence-corrected chi connectivity index (χ2v) is 4.69. The Labute approximate surface area is 109 Å². The lowest BCUT2D eigenvalue weighted by molar-refractivity contribution is 0.331. The van der Waals surface area contributed by atoms with Crippen LogP contribution < -0.4 is 20.1 Å². The first kappa shape index (κ1) is 13.2. The average Bonchev–Trinajstić information content (AvgIpc) is 2.41. The lowest BCUT2D eigenvalue weighted by Gasteiger charge is -2.31. The van der Waals surface area contributed by atoms with Crippen molar-refractivity contribution in [1.82, 2.24) is 10.6 Å².